The van der Waals surface area contributed by atoms with E-state index in [9.17, 15) is 9.90 Å². The molecule has 2 N–H and O–H groups in total. The van der Waals surface area contributed by atoms with Gasteiger partial charge in [0.15, 0.2) is 0 Å². The highest BCUT2D eigenvalue weighted by Gasteiger charge is 2.37. The molecule has 3 aliphatic rings. The van der Waals surface area contributed by atoms with Crippen LogP contribution in [0.3, 0.4) is 0 Å². The van der Waals surface area contributed by atoms with Gasteiger partial charge in [0.1, 0.15) is 0 Å². The fourth-order valence-electron chi connectivity index (χ4n) is 4.86. The number of hydrogen-bond donors (Lipinski definition) is 2. The number of nitrogens with one attached hydrogen (secondary N) is 1. The summed E-state index contributed by atoms with van der Waals surface area (Å²) in [6, 6.07) is 6.60. The molecule has 4 atom stereocenters. The number of carbonyl (C=O) groups excluding carboxylic acids is 1. The molecule has 1 aliphatic heterocycles. The molecule has 0 spiro atoms. The summed E-state index contributed by atoms with van der Waals surface area (Å²) in [6.45, 7) is 3.43. The predicted octanol–water partition coefficient (Wildman–Crippen LogP) is 2.73. The summed E-state index contributed by atoms with van der Waals surface area (Å²) in [7, 11) is 0. The van der Waals surface area contributed by atoms with Crippen molar-refractivity contribution in [1.82, 2.24) is 10.2 Å². The van der Waals surface area contributed by atoms with Crippen molar-refractivity contribution in [3.63, 3.8) is 0 Å². The number of nitrogens with zero attached hydrogens (tertiary/aromatic N) is 1. The number of urea groups is 1. The van der Waals surface area contributed by atoms with E-state index in [4.69, 9.17) is 4.74 Å². The molecule has 25 heavy (non-hydrogen) atoms. The molecule has 1 aromatic carbocycles. The van der Waals surface area contributed by atoms with Crippen molar-refractivity contribution < 1.29 is 14.6 Å². The first-order valence-corrected chi connectivity index (χ1v) is 9.58. The smallest absolute Gasteiger partial charge is 0.318 e. The van der Waals surface area contributed by atoms with Gasteiger partial charge in [-0.25, -0.2) is 4.79 Å². The van der Waals surface area contributed by atoms with Crippen LogP contribution in [0.1, 0.15) is 61.3 Å². The highest BCUT2D eigenvalue weighted by Crippen LogP contribution is 2.47. The molecule has 1 saturated heterocycles. The molecule has 4 rings (SSSR count). The van der Waals surface area contributed by atoms with E-state index < -0.39 is 6.10 Å². The van der Waals surface area contributed by atoms with Crippen LogP contribution in [0.25, 0.3) is 0 Å². The molecule has 1 fully saturated rings. The lowest BCUT2D eigenvalue weighted by atomic mass is 9.84. The van der Waals surface area contributed by atoms with Crippen LogP contribution in [0, 0.1) is 0 Å². The molecule has 0 unspecified atom stereocenters. The molecule has 1 aromatic rings. The van der Waals surface area contributed by atoms with E-state index in [-0.39, 0.29) is 18.1 Å². The van der Waals surface area contributed by atoms with Crippen molar-refractivity contribution in [2.75, 3.05) is 19.8 Å². The maximum Gasteiger partial charge on any atom is 0.318 e. The number of aryl methyl sites for hydroxylation is 1. The number of hydrogen-bond acceptors (Lipinski definition) is 3. The van der Waals surface area contributed by atoms with Crippen LogP contribution < -0.4 is 5.32 Å². The topological polar surface area (TPSA) is 61.8 Å². The van der Waals surface area contributed by atoms with Gasteiger partial charge >= 0.3 is 6.03 Å². The fraction of sp³-hybridized carbons (Fsp3) is 0.650. The summed E-state index contributed by atoms with van der Waals surface area (Å²) < 4.78 is 5.52. The third kappa shape index (κ3) is 3.27. The molecule has 1 heterocycles. The first-order valence-electron chi connectivity index (χ1n) is 9.58. The molecule has 136 valence electrons. The number of aliphatic hydroxyl groups excluding tert-OH is 1. The predicted molar refractivity (Wildman–Crippen MR) is 95.6 cm³/mol. The molecular formula is C20H28N2O3. The van der Waals surface area contributed by atoms with Gasteiger partial charge in [-0.1, -0.05) is 18.2 Å². The minimum Gasteiger partial charge on any atom is -0.393 e. The minimum absolute atomic E-state index is 0.0183. The van der Waals surface area contributed by atoms with Crippen LogP contribution in [0.4, 0.5) is 4.79 Å². The molecular weight excluding hydrogens is 316 g/mol. The zero-order valence-corrected chi connectivity index (χ0v) is 14.9. The summed E-state index contributed by atoms with van der Waals surface area (Å²) >= 11 is 0. The van der Waals surface area contributed by atoms with E-state index >= 15 is 0 Å². The lowest BCUT2D eigenvalue weighted by molar-refractivity contribution is -0.00485. The highest BCUT2D eigenvalue weighted by atomic mass is 16.5. The second-order valence-corrected chi connectivity index (χ2v) is 7.75. The third-order valence-electron chi connectivity index (χ3n) is 5.93. The minimum atomic E-state index is -0.435. The molecule has 0 radical (unpaired) electrons. The van der Waals surface area contributed by atoms with Gasteiger partial charge in [0, 0.05) is 6.54 Å². The zero-order valence-electron chi connectivity index (χ0n) is 14.9. The second-order valence-electron chi connectivity index (χ2n) is 7.75. The summed E-state index contributed by atoms with van der Waals surface area (Å²) in [6.07, 6.45) is 4.79. The molecule has 2 amide bonds. The summed E-state index contributed by atoms with van der Waals surface area (Å²) in [5.41, 5.74) is 4.29. The molecule has 5 nitrogen and oxygen atoms in total. The van der Waals surface area contributed by atoms with Crippen LogP contribution in [0.2, 0.25) is 0 Å². The van der Waals surface area contributed by atoms with Crippen molar-refractivity contribution >= 4 is 6.03 Å². The van der Waals surface area contributed by atoms with Gasteiger partial charge in [-0.15, -0.1) is 0 Å². The van der Waals surface area contributed by atoms with Crippen molar-refractivity contribution in [3.8, 4) is 0 Å². The van der Waals surface area contributed by atoms with Gasteiger partial charge in [-0.05, 0) is 61.6 Å². The first kappa shape index (κ1) is 16.9. The van der Waals surface area contributed by atoms with Crippen molar-refractivity contribution in [1.29, 1.82) is 0 Å². The number of benzene rings is 1. The molecule has 2 aliphatic carbocycles. The Balaban J connectivity index is 1.49. The maximum atomic E-state index is 12.9. The summed E-state index contributed by atoms with van der Waals surface area (Å²) in [5, 5.41) is 13.0. The number of ether oxygens (including phenoxy) is 1. The fourth-order valence-corrected chi connectivity index (χ4v) is 4.86. The lowest BCUT2D eigenvalue weighted by Gasteiger charge is -2.37. The van der Waals surface area contributed by atoms with Crippen molar-refractivity contribution in [2.45, 2.75) is 63.1 Å². The Morgan fingerprint density at radius 3 is 3.20 bits per heavy atom. The van der Waals surface area contributed by atoms with Gasteiger partial charge in [0.25, 0.3) is 0 Å². The monoisotopic (exact) mass is 344 g/mol. The van der Waals surface area contributed by atoms with Crippen molar-refractivity contribution in [3.05, 3.63) is 34.9 Å². The Kier molecular flexibility index (Phi) is 4.69. The van der Waals surface area contributed by atoms with Crippen molar-refractivity contribution in [2.24, 2.45) is 0 Å². The quantitative estimate of drug-likeness (QED) is 0.886. The number of morpholine rings is 1. The average molecular weight is 344 g/mol. The Labute approximate surface area is 149 Å². The van der Waals surface area contributed by atoms with Crippen LogP contribution >= 0.6 is 0 Å². The zero-order chi connectivity index (χ0) is 17.4. The van der Waals surface area contributed by atoms with Gasteiger partial charge in [0.05, 0.1) is 31.4 Å². The van der Waals surface area contributed by atoms with Gasteiger partial charge < -0.3 is 20.1 Å². The lowest BCUT2D eigenvalue weighted by Crippen LogP contribution is -2.53. The maximum absolute atomic E-state index is 12.9. The first-order chi connectivity index (χ1) is 12.1. The number of amides is 2. The Hall–Kier alpha value is -1.59. The average Bonchev–Trinajstić information content (AvgIpc) is 2.95. The van der Waals surface area contributed by atoms with Gasteiger partial charge in [-0.2, -0.15) is 0 Å². The molecule has 0 bridgehead atoms. The van der Waals surface area contributed by atoms with E-state index in [0.29, 0.717) is 32.1 Å². The summed E-state index contributed by atoms with van der Waals surface area (Å²) in [4.78, 5) is 14.8. The molecule has 5 heteroatoms. The molecule has 0 saturated carbocycles. The molecule has 0 aromatic heterocycles. The SMILES string of the molecule is C[C@H](O)C[C@@H]1COCCN1C(=O)N[C@H]1C[C@H]2CCCc3cccc1c32. The van der Waals surface area contributed by atoms with Crippen LogP contribution in [-0.2, 0) is 11.2 Å². The number of aliphatic hydroxyl groups is 1. The van der Waals surface area contributed by atoms with Gasteiger partial charge in [-0.3, -0.25) is 0 Å². The number of carbonyl (C=O) groups is 1. The summed E-state index contributed by atoms with van der Waals surface area (Å²) in [5.74, 6) is 0.600. The van der Waals surface area contributed by atoms with E-state index in [1.807, 2.05) is 4.90 Å². The third-order valence-corrected chi connectivity index (χ3v) is 5.93. The van der Waals surface area contributed by atoms with E-state index in [0.717, 1.165) is 6.42 Å². The largest absolute Gasteiger partial charge is 0.393 e. The number of rotatable bonds is 3. The van der Waals surface area contributed by atoms with E-state index in [2.05, 4.69) is 23.5 Å². The standard InChI is InChI=1S/C20H28N2O3/c1-13(23)10-16-12-25-9-8-22(16)20(24)21-18-11-15-6-2-4-14-5-3-7-17(18)19(14)15/h3,5,7,13,15-16,18,23H,2,4,6,8-12H2,1H3,(H,21,24)/t13-,15+,16+,18-/m0/s1. The Bertz CT molecular complexity index is 646. The second kappa shape index (κ2) is 6.96. The van der Waals surface area contributed by atoms with E-state index in [1.54, 1.807) is 6.92 Å². The van der Waals surface area contributed by atoms with Crippen LogP contribution in [0.15, 0.2) is 18.2 Å². The van der Waals surface area contributed by atoms with Crippen LogP contribution in [0.5, 0.6) is 0 Å². The van der Waals surface area contributed by atoms with Gasteiger partial charge in [0.2, 0.25) is 0 Å². The normalized spacial score (nSPS) is 29.2. The Morgan fingerprint density at radius 1 is 1.48 bits per heavy atom. The van der Waals surface area contributed by atoms with Crippen LogP contribution in [-0.4, -0.2) is 47.9 Å². The Morgan fingerprint density at radius 2 is 2.36 bits per heavy atom. The van der Waals surface area contributed by atoms with E-state index in [1.165, 1.54) is 36.0 Å². The highest BCUT2D eigenvalue weighted by molar-refractivity contribution is 5.75.